The summed E-state index contributed by atoms with van der Waals surface area (Å²) in [4.78, 5) is 21.6. The quantitative estimate of drug-likeness (QED) is 0.770. The summed E-state index contributed by atoms with van der Waals surface area (Å²) in [6.45, 7) is 0. The molecule has 1 aromatic carbocycles. The molecule has 1 heterocycles. The number of rotatable bonds is 3. The Morgan fingerprint density at radius 1 is 1.18 bits per heavy atom. The maximum atomic E-state index is 10.8. The van der Waals surface area contributed by atoms with Crippen LogP contribution in [-0.4, -0.2) is 42.4 Å². The number of tetrazole rings is 1. The lowest BCUT2D eigenvalue weighted by Crippen LogP contribution is -2.10. The molecule has 8 heteroatoms. The summed E-state index contributed by atoms with van der Waals surface area (Å²) in [5.41, 5.74) is 0.293. The molecule has 2 aromatic rings. The second kappa shape index (κ2) is 4.00. The van der Waals surface area contributed by atoms with E-state index in [0.717, 1.165) is 4.68 Å². The summed E-state index contributed by atoms with van der Waals surface area (Å²) in [6.07, 6.45) is 0. The van der Waals surface area contributed by atoms with Crippen molar-refractivity contribution in [2.45, 2.75) is 0 Å². The van der Waals surface area contributed by atoms with Crippen LogP contribution in [0.5, 0.6) is 0 Å². The number of nitrogens with zero attached hydrogens (tertiary/aromatic N) is 4. The Morgan fingerprint density at radius 2 is 1.94 bits per heavy atom. The summed E-state index contributed by atoms with van der Waals surface area (Å²) in [7, 11) is 0. The summed E-state index contributed by atoms with van der Waals surface area (Å²) >= 11 is 0. The van der Waals surface area contributed by atoms with E-state index in [9.17, 15) is 9.59 Å². The SMILES string of the molecule is O=C(O)c1cccc(-n2nnnc2C(=O)O)c1. The highest BCUT2D eigenvalue weighted by molar-refractivity contribution is 5.88. The molecular weight excluding hydrogens is 228 g/mol. The molecule has 0 amide bonds. The van der Waals surface area contributed by atoms with Crippen LogP contribution in [-0.2, 0) is 0 Å². The van der Waals surface area contributed by atoms with Gasteiger partial charge in [-0.05, 0) is 28.6 Å². The first-order chi connectivity index (χ1) is 8.09. The minimum Gasteiger partial charge on any atom is -0.478 e. The normalized spacial score (nSPS) is 10.1. The van der Waals surface area contributed by atoms with Gasteiger partial charge in [0.2, 0.25) is 0 Å². The average Bonchev–Trinajstić information content (AvgIpc) is 2.78. The van der Waals surface area contributed by atoms with E-state index in [1.54, 1.807) is 0 Å². The molecule has 2 N–H and O–H groups in total. The number of carboxylic acid groups (broad SMARTS) is 2. The molecule has 0 aliphatic carbocycles. The van der Waals surface area contributed by atoms with Crippen LogP contribution >= 0.6 is 0 Å². The molecular formula is C9H6N4O4. The highest BCUT2D eigenvalue weighted by atomic mass is 16.4. The van der Waals surface area contributed by atoms with Crippen LogP contribution in [0.3, 0.4) is 0 Å². The Bertz CT molecular complexity index is 592. The van der Waals surface area contributed by atoms with Crippen molar-refractivity contribution in [3.05, 3.63) is 35.7 Å². The molecule has 8 nitrogen and oxygen atoms in total. The topological polar surface area (TPSA) is 118 Å². The molecule has 0 bridgehead atoms. The van der Waals surface area contributed by atoms with E-state index in [1.165, 1.54) is 24.3 Å². The maximum absolute atomic E-state index is 10.8. The van der Waals surface area contributed by atoms with Gasteiger partial charge in [0.25, 0.3) is 5.82 Å². The van der Waals surface area contributed by atoms with Gasteiger partial charge in [-0.15, -0.1) is 5.10 Å². The van der Waals surface area contributed by atoms with Crippen LogP contribution in [0.4, 0.5) is 0 Å². The molecule has 86 valence electrons. The molecule has 2 rings (SSSR count). The van der Waals surface area contributed by atoms with E-state index >= 15 is 0 Å². The third-order valence-electron chi connectivity index (χ3n) is 2.00. The fourth-order valence-electron chi connectivity index (χ4n) is 1.27. The zero-order valence-electron chi connectivity index (χ0n) is 8.31. The Morgan fingerprint density at radius 3 is 2.59 bits per heavy atom. The van der Waals surface area contributed by atoms with Gasteiger partial charge in [0.1, 0.15) is 0 Å². The van der Waals surface area contributed by atoms with Gasteiger partial charge in [-0.25, -0.2) is 9.59 Å². The van der Waals surface area contributed by atoms with Crippen LogP contribution in [0.1, 0.15) is 21.0 Å². The minimum atomic E-state index is -1.30. The largest absolute Gasteiger partial charge is 0.478 e. The van der Waals surface area contributed by atoms with Crippen molar-refractivity contribution in [2.75, 3.05) is 0 Å². The van der Waals surface area contributed by atoms with E-state index in [0.29, 0.717) is 0 Å². The lowest BCUT2D eigenvalue weighted by atomic mass is 10.2. The first-order valence-electron chi connectivity index (χ1n) is 4.45. The van der Waals surface area contributed by atoms with Gasteiger partial charge in [-0.2, -0.15) is 4.68 Å². The maximum Gasteiger partial charge on any atom is 0.376 e. The average molecular weight is 234 g/mol. The van der Waals surface area contributed by atoms with Crippen molar-refractivity contribution in [1.82, 2.24) is 20.2 Å². The number of benzene rings is 1. The Balaban J connectivity index is 2.53. The van der Waals surface area contributed by atoms with Gasteiger partial charge in [-0.3, -0.25) is 0 Å². The van der Waals surface area contributed by atoms with Gasteiger partial charge >= 0.3 is 11.9 Å². The molecule has 0 aliphatic heterocycles. The van der Waals surface area contributed by atoms with Crippen LogP contribution < -0.4 is 0 Å². The van der Waals surface area contributed by atoms with E-state index in [-0.39, 0.29) is 17.1 Å². The smallest absolute Gasteiger partial charge is 0.376 e. The summed E-state index contributed by atoms with van der Waals surface area (Å²) < 4.78 is 0.953. The predicted molar refractivity (Wildman–Crippen MR) is 53.1 cm³/mol. The molecule has 17 heavy (non-hydrogen) atoms. The number of carboxylic acids is 2. The number of carbonyl (C=O) groups is 2. The van der Waals surface area contributed by atoms with Crippen molar-refractivity contribution in [3.63, 3.8) is 0 Å². The molecule has 0 fully saturated rings. The molecule has 0 saturated heterocycles. The predicted octanol–water partition coefficient (Wildman–Crippen LogP) is 0.0587. The van der Waals surface area contributed by atoms with Crippen LogP contribution in [0.2, 0.25) is 0 Å². The Kier molecular flexibility index (Phi) is 2.53. The summed E-state index contributed by atoms with van der Waals surface area (Å²) in [5, 5.41) is 27.7. The van der Waals surface area contributed by atoms with E-state index in [1.807, 2.05) is 0 Å². The molecule has 0 unspecified atom stereocenters. The van der Waals surface area contributed by atoms with Crippen molar-refractivity contribution < 1.29 is 19.8 Å². The molecule has 0 aliphatic rings. The molecule has 0 radical (unpaired) electrons. The van der Waals surface area contributed by atoms with E-state index < -0.39 is 11.9 Å². The molecule has 0 saturated carbocycles. The van der Waals surface area contributed by atoms with Crippen LogP contribution in [0, 0.1) is 0 Å². The fraction of sp³-hybridized carbons (Fsp3) is 0. The Hall–Kier alpha value is -2.77. The van der Waals surface area contributed by atoms with Crippen molar-refractivity contribution in [1.29, 1.82) is 0 Å². The van der Waals surface area contributed by atoms with Gasteiger partial charge in [-0.1, -0.05) is 6.07 Å². The van der Waals surface area contributed by atoms with Crippen molar-refractivity contribution in [3.8, 4) is 5.69 Å². The third-order valence-corrected chi connectivity index (χ3v) is 2.00. The molecule has 0 spiro atoms. The number of aromatic nitrogens is 4. The van der Waals surface area contributed by atoms with Crippen LogP contribution in [0.25, 0.3) is 5.69 Å². The monoisotopic (exact) mass is 234 g/mol. The minimum absolute atomic E-state index is 0.0225. The summed E-state index contributed by atoms with van der Waals surface area (Å²) in [6, 6.07) is 5.66. The second-order valence-corrected chi connectivity index (χ2v) is 3.07. The zero-order valence-corrected chi connectivity index (χ0v) is 8.31. The highest BCUT2D eigenvalue weighted by Gasteiger charge is 2.16. The summed E-state index contributed by atoms with van der Waals surface area (Å²) in [5.74, 6) is -2.79. The molecule has 0 atom stereocenters. The van der Waals surface area contributed by atoms with E-state index in [4.69, 9.17) is 10.2 Å². The van der Waals surface area contributed by atoms with Gasteiger partial charge in [0.15, 0.2) is 0 Å². The number of hydrogen-bond donors (Lipinski definition) is 2. The fourth-order valence-corrected chi connectivity index (χ4v) is 1.27. The van der Waals surface area contributed by atoms with Crippen molar-refractivity contribution >= 4 is 11.9 Å². The number of aromatic carboxylic acids is 2. The second-order valence-electron chi connectivity index (χ2n) is 3.07. The van der Waals surface area contributed by atoms with Gasteiger partial charge < -0.3 is 10.2 Å². The van der Waals surface area contributed by atoms with Gasteiger partial charge in [0.05, 0.1) is 11.3 Å². The Labute approximate surface area is 94.1 Å². The number of hydrogen-bond acceptors (Lipinski definition) is 5. The zero-order chi connectivity index (χ0) is 12.4. The third kappa shape index (κ3) is 1.95. The lowest BCUT2D eigenvalue weighted by Gasteiger charge is -2.02. The van der Waals surface area contributed by atoms with Gasteiger partial charge in [0, 0.05) is 0 Å². The highest BCUT2D eigenvalue weighted by Crippen LogP contribution is 2.10. The van der Waals surface area contributed by atoms with Crippen LogP contribution in [0.15, 0.2) is 24.3 Å². The standard InChI is InChI=1S/C9H6N4O4/c14-8(15)5-2-1-3-6(4-5)13-7(9(16)17)10-11-12-13/h1-4H,(H,14,15)(H,16,17). The van der Waals surface area contributed by atoms with Crippen molar-refractivity contribution in [2.24, 2.45) is 0 Å². The van der Waals surface area contributed by atoms with E-state index in [2.05, 4.69) is 15.5 Å². The first kappa shape index (κ1) is 10.7. The lowest BCUT2D eigenvalue weighted by molar-refractivity contribution is 0.0676. The molecule has 1 aromatic heterocycles. The first-order valence-corrected chi connectivity index (χ1v) is 4.45.